The Hall–Kier alpha value is -1.67. The number of nitrogens with two attached hydrogens (primary N) is 1. The molecule has 2 unspecified atom stereocenters. The Bertz CT molecular complexity index is 520. The Morgan fingerprint density at radius 2 is 2.00 bits per heavy atom. The van der Waals surface area contributed by atoms with E-state index in [0.29, 0.717) is 29.9 Å². The largest absolute Gasteiger partial charge is 0.364 e. The second kappa shape index (κ2) is 7.37. The maximum absolute atomic E-state index is 9.52. The van der Waals surface area contributed by atoms with Gasteiger partial charge in [0.25, 0.3) is 0 Å². The van der Waals surface area contributed by atoms with Crippen LogP contribution in [0.3, 0.4) is 0 Å². The van der Waals surface area contributed by atoms with Crippen LogP contribution in [0.15, 0.2) is 0 Å². The van der Waals surface area contributed by atoms with E-state index in [0.717, 1.165) is 36.9 Å². The average Bonchev–Trinajstić information content (AvgIpc) is 2.54. The van der Waals surface area contributed by atoms with E-state index in [-0.39, 0.29) is 0 Å². The summed E-state index contributed by atoms with van der Waals surface area (Å²) < 4.78 is 0. The Morgan fingerprint density at radius 1 is 1.24 bits per heavy atom. The first-order valence-corrected chi connectivity index (χ1v) is 8.00. The number of aromatic nitrogens is 2. The van der Waals surface area contributed by atoms with Crippen molar-refractivity contribution >= 4 is 5.82 Å². The van der Waals surface area contributed by atoms with Gasteiger partial charge >= 0.3 is 0 Å². The number of nitrogens with one attached hydrogen (secondary N) is 1. The van der Waals surface area contributed by atoms with Gasteiger partial charge in [0.2, 0.25) is 0 Å². The van der Waals surface area contributed by atoms with Crippen LogP contribution in [-0.4, -0.2) is 22.8 Å². The summed E-state index contributed by atoms with van der Waals surface area (Å²) in [6.45, 7) is 4.79. The summed E-state index contributed by atoms with van der Waals surface area (Å²) in [5.74, 6) is 1.10. The van der Waals surface area contributed by atoms with Gasteiger partial charge in [-0.05, 0) is 43.7 Å². The molecule has 21 heavy (non-hydrogen) atoms. The fourth-order valence-electron chi connectivity index (χ4n) is 3.25. The number of nitrogens with zero attached hydrogens (tertiary/aromatic N) is 3. The molecular weight excluding hydrogens is 262 g/mol. The molecule has 3 N–H and O–H groups in total. The zero-order valence-electron chi connectivity index (χ0n) is 13.0. The van der Waals surface area contributed by atoms with E-state index >= 15 is 0 Å². The summed E-state index contributed by atoms with van der Waals surface area (Å²) in [5, 5.41) is 21.5. The minimum atomic E-state index is 0.308. The van der Waals surface area contributed by atoms with Crippen LogP contribution in [-0.2, 0) is 12.8 Å². The van der Waals surface area contributed by atoms with Crippen molar-refractivity contribution in [3.8, 4) is 6.07 Å². The van der Waals surface area contributed by atoms with Gasteiger partial charge < -0.3 is 11.1 Å². The molecule has 1 heterocycles. The lowest BCUT2D eigenvalue weighted by Crippen LogP contribution is -2.37. The van der Waals surface area contributed by atoms with Crippen molar-refractivity contribution in [2.24, 2.45) is 11.7 Å². The fourth-order valence-corrected chi connectivity index (χ4v) is 3.25. The number of nitriles is 1. The first-order chi connectivity index (χ1) is 10.2. The molecule has 5 heteroatoms. The molecule has 1 aliphatic carbocycles. The third kappa shape index (κ3) is 3.33. The van der Waals surface area contributed by atoms with E-state index in [1.54, 1.807) is 0 Å². The van der Waals surface area contributed by atoms with Crippen LogP contribution >= 0.6 is 0 Å². The zero-order chi connectivity index (χ0) is 15.2. The second-order valence-electron chi connectivity index (χ2n) is 5.70. The van der Waals surface area contributed by atoms with Crippen LogP contribution in [0.25, 0.3) is 0 Å². The predicted molar refractivity (Wildman–Crippen MR) is 83.9 cm³/mol. The highest BCUT2D eigenvalue weighted by molar-refractivity contribution is 5.57. The van der Waals surface area contributed by atoms with Crippen molar-refractivity contribution in [1.29, 1.82) is 5.26 Å². The van der Waals surface area contributed by atoms with Gasteiger partial charge in [-0.25, -0.2) is 0 Å². The van der Waals surface area contributed by atoms with Crippen LogP contribution in [0, 0.1) is 17.2 Å². The molecule has 0 spiro atoms. The molecular formula is C16H25N5. The molecule has 2 atom stereocenters. The molecule has 1 aromatic heterocycles. The standard InChI is InChI=1S/C16H25N5/c1-3-12-13(10-18)16(21-20-14(12)4-2)19-15-8-6-5-7-11(15)9-17/h11,15H,3-9,17H2,1-2H3,(H,19,21). The van der Waals surface area contributed by atoms with Crippen LogP contribution in [0.5, 0.6) is 0 Å². The number of rotatable bonds is 5. The van der Waals surface area contributed by atoms with Crippen LogP contribution in [0.2, 0.25) is 0 Å². The highest BCUT2D eigenvalue weighted by atomic mass is 15.2. The summed E-state index contributed by atoms with van der Waals surface area (Å²) in [5.41, 5.74) is 8.49. The lowest BCUT2D eigenvalue weighted by molar-refractivity contribution is 0.332. The van der Waals surface area contributed by atoms with Crippen LogP contribution in [0.1, 0.15) is 56.4 Å². The summed E-state index contributed by atoms with van der Waals surface area (Å²) >= 11 is 0. The smallest absolute Gasteiger partial charge is 0.167 e. The van der Waals surface area contributed by atoms with Gasteiger partial charge in [-0.2, -0.15) is 10.4 Å². The zero-order valence-corrected chi connectivity index (χ0v) is 13.0. The van der Waals surface area contributed by atoms with Gasteiger partial charge in [0.15, 0.2) is 5.82 Å². The fraction of sp³-hybridized carbons (Fsp3) is 0.688. The molecule has 1 aromatic rings. The maximum atomic E-state index is 9.52. The van der Waals surface area contributed by atoms with Gasteiger partial charge in [-0.1, -0.05) is 26.7 Å². The first-order valence-electron chi connectivity index (χ1n) is 8.00. The molecule has 0 bridgehead atoms. The predicted octanol–water partition coefficient (Wildman–Crippen LogP) is 2.40. The topological polar surface area (TPSA) is 87.6 Å². The second-order valence-corrected chi connectivity index (χ2v) is 5.70. The Morgan fingerprint density at radius 3 is 2.62 bits per heavy atom. The quantitative estimate of drug-likeness (QED) is 0.868. The maximum Gasteiger partial charge on any atom is 0.167 e. The third-order valence-electron chi connectivity index (χ3n) is 4.49. The molecule has 114 valence electrons. The Kier molecular flexibility index (Phi) is 5.51. The summed E-state index contributed by atoms with van der Waals surface area (Å²) in [6, 6.07) is 2.62. The minimum Gasteiger partial charge on any atom is -0.364 e. The molecule has 1 aliphatic rings. The number of hydrogen-bond donors (Lipinski definition) is 2. The Labute approximate surface area is 126 Å². The molecule has 1 saturated carbocycles. The van der Waals surface area contributed by atoms with Crippen molar-refractivity contribution < 1.29 is 0 Å². The highest BCUT2D eigenvalue weighted by Crippen LogP contribution is 2.28. The van der Waals surface area contributed by atoms with E-state index in [4.69, 9.17) is 5.73 Å². The number of anilines is 1. The number of hydrogen-bond acceptors (Lipinski definition) is 5. The van der Waals surface area contributed by atoms with E-state index in [1.165, 1.54) is 12.8 Å². The molecule has 0 amide bonds. The monoisotopic (exact) mass is 287 g/mol. The van der Waals surface area contributed by atoms with E-state index in [1.807, 2.05) is 6.92 Å². The van der Waals surface area contributed by atoms with Crippen molar-refractivity contribution in [3.63, 3.8) is 0 Å². The molecule has 0 saturated heterocycles. The minimum absolute atomic E-state index is 0.308. The van der Waals surface area contributed by atoms with Crippen LogP contribution in [0.4, 0.5) is 5.82 Å². The molecule has 0 aromatic carbocycles. The van der Waals surface area contributed by atoms with Gasteiger partial charge in [0.05, 0.1) is 5.69 Å². The van der Waals surface area contributed by atoms with Crippen molar-refractivity contribution in [1.82, 2.24) is 10.2 Å². The van der Waals surface area contributed by atoms with Gasteiger partial charge in [0, 0.05) is 6.04 Å². The van der Waals surface area contributed by atoms with E-state index in [2.05, 4.69) is 28.5 Å². The van der Waals surface area contributed by atoms with Gasteiger partial charge in [-0.3, -0.25) is 0 Å². The average molecular weight is 287 g/mol. The van der Waals surface area contributed by atoms with Gasteiger partial charge in [0.1, 0.15) is 11.6 Å². The van der Waals surface area contributed by atoms with Crippen molar-refractivity contribution in [2.45, 2.75) is 58.4 Å². The third-order valence-corrected chi connectivity index (χ3v) is 4.49. The summed E-state index contributed by atoms with van der Waals surface area (Å²) in [4.78, 5) is 0. The molecule has 5 nitrogen and oxygen atoms in total. The SMILES string of the molecule is CCc1nnc(NC2CCCCC2CN)c(C#N)c1CC. The summed E-state index contributed by atoms with van der Waals surface area (Å²) in [7, 11) is 0. The first kappa shape index (κ1) is 15.7. The highest BCUT2D eigenvalue weighted by Gasteiger charge is 2.26. The summed E-state index contributed by atoms with van der Waals surface area (Å²) in [6.07, 6.45) is 6.30. The molecule has 1 fully saturated rings. The van der Waals surface area contributed by atoms with Crippen molar-refractivity contribution in [2.75, 3.05) is 11.9 Å². The Balaban J connectivity index is 2.29. The van der Waals surface area contributed by atoms with E-state index < -0.39 is 0 Å². The van der Waals surface area contributed by atoms with Crippen LogP contribution < -0.4 is 11.1 Å². The lowest BCUT2D eigenvalue weighted by atomic mass is 9.84. The van der Waals surface area contributed by atoms with Gasteiger partial charge in [-0.15, -0.1) is 5.10 Å². The number of aryl methyl sites for hydroxylation is 1. The van der Waals surface area contributed by atoms with Crippen molar-refractivity contribution in [3.05, 3.63) is 16.8 Å². The lowest BCUT2D eigenvalue weighted by Gasteiger charge is -2.32. The normalized spacial score (nSPS) is 21.8. The van der Waals surface area contributed by atoms with E-state index in [9.17, 15) is 5.26 Å². The molecule has 0 aliphatic heterocycles. The molecule has 2 rings (SSSR count). The molecule has 0 radical (unpaired) electrons.